The van der Waals surface area contributed by atoms with E-state index in [1.54, 1.807) is 0 Å². The van der Waals surface area contributed by atoms with Crippen LogP contribution in [0.1, 0.15) is 32.1 Å². The molecule has 0 amide bonds. The van der Waals surface area contributed by atoms with Gasteiger partial charge in [-0.1, -0.05) is 0 Å². The van der Waals surface area contributed by atoms with Crippen molar-refractivity contribution >= 4 is 11.9 Å². The van der Waals surface area contributed by atoms with Crippen LogP contribution in [0.15, 0.2) is 36.7 Å². The van der Waals surface area contributed by atoms with E-state index in [2.05, 4.69) is 9.97 Å². The van der Waals surface area contributed by atoms with Crippen LogP contribution in [0.25, 0.3) is 0 Å². The molecule has 0 radical (unpaired) electrons. The van der Waals surface area contributed by atoms with Crippen molar-refractivity contribution < 1.29 is 60.4 Å². The summed E-state index contributed by atoms with van der Waals surface area (Å²) in [6.45, 7) is -0.526. The van der Waals surface area contributed by atoms with Gasteiger partial charge in [0.2, 0.25) is 0 Å². The molecular formula is C14H18N2O8Zn+2. The summed E-state index contributed by atoms with van der Waals surface area (Å²) in [4.78, 5) is 27.9. The molecule has 2 rings (SSSR count). The smallest absolute Gasteiger partial charge is 0.545 e. The Kier molecular flexibility index (Phi) is 15.5. The van der Waals surface area contributed by atoms with Crippen molar-refractivity contribution in [2.45, 2.75) is 13.2 Å². The third-order valence-electron chi connectivity index (χ3n) is 2.43. The van der Waals surface area contributed by atoms with Gasteiger partial charge in [0.15, 0.2) is 0 Å². The number of carbonyl (C=O) groups excluding carboxylic acids is 2. The van der Waals surface area contributed by atoms with Crippen LogP contribution in [0.3, 0.4) is 0 Å². The van der Waals surface area contributed by atoms with Gasteiger partial charge in [0, 0.05) is 23.5 Å². The summed E-state index contributed by atoms with van der Waals surface area (Å²) >= 11 is 0. The van der Waals surface area contributed by atoms with Crippen LogP contribution in [0.2, 0.25) is 0 Å². The number of carboxylic acid groups (broad SMARTS) is 2. The third-order valence-corrected chi connectivity index (χ3v) is 2.43. The fraction of sp³-hybridized carbons (Fsp3) is 0.143. The molecule has 0 saturated heterocycles. The summed E-state index contributed by atoms with van der Waals surface area (Å²) in [5.74, 6) is -2.52. The van der Waals surface area contributed by atoms with Crippen LogP contribution < -0.4 is 10.2 Å². The second-order valence-corrected chi connectivity index (χ2v) is 3.96. The van der Waals surface area contributed by atoms with E-state index in [0.717, 1.165) is 0 Å². The van der Waals surface area contributed by atoms with Gasteiger partial charge in [0.05, 0.1) is 36.5 Å². The van der Waals surface area contributed by atoms with Crippen LogP contribution in [-0.4, -0.2) is 32.1 Å². The van der Waals surface area contributed by atoms with Crippen molar-refractivity contribution in [3.05, 3.63) is 59.2 Å². The normalized spacial score (nSPS) is 8.40. The number of pyridine rings is 2. The van der Waals surface area contributed by atoms with E-state index in [0.29, 0.717) is 11.4 Å². The minimum Gasteiger partial charge on any atom is -0.545 e. The van der Waals surface area contributed by atoms with Gasteiger partial charge in [-0.25, -0.2) is 0 Å². The second kappa shape index (κ2) is 14.1. The fourth-order valence-electron chi connectivity index (χ4n) is 1.38. The molecule has 0 spiro atoms. The molecule has 132 valence electrons. The van der Waals surface area contributed by atoms with E-state index in [-0.39, 0.29) is 54.8 Å². The number of rotatable bonds is 4. The van der Waals surface area contributed by atoms with Crippen LogP contribution in [0, 0.1) is 0 Å². The third kappa shape index (κ3) is 9.55. The number of aliphatic hydroxyl groups excluding tert-OH is 2. The van der Waals surface area contributed by atoms with Crippen LogP contribution in [0.5, 0.6) is 0 Å². The van der Waals surface area contributed by atoms with E-state index in [4.69, 9.17) is 10.2 Å². The summed E-state index contributed by atoms with van der Waals surface area (Å²) in [6, 6.07) is 5.17. The zero-order valence-corrected chi connectivity index (χ0v) is 16.1. The first-order valence-corrected chi connectivity index (χ1v) is 6.02. The molecule has 2 aromatic heterocycles. The van der Waals surface area contributed by atoms with Gasteiger partial charge < -0.3 is 41.0 Å². The van der Waals surface area contributed by atoms with E-state index in [1.807, 2.05) is 0 Å². The average molecular weight is 408 g/mol. The molecule has 0 bridgehead atoms. The number of aliphatic hydroxyl groups is 2. The first kappa shape index (κ1) is 27.5. The van der Waals surface area contributed by atoms with Crippen molar-refractivity contribution in [2.24, 2.45) is 0 Å². The van der Waals surface area contributed by atoms with Gasteiger partial charge in [0.25, 0.3) is 0 Å². The van der Waals surface area contributed by atoms with Crippen molar-refractivity contribution in [3.8, 4) is 0 Å². The number of carbonyl (C=O) groups is 2. The van der Waals surface area contributed by atoms with Crippen molar-refractivity contribution in [1.82, 2.24) is 9.97 Å². The van der Waals surface area contributed by atoms with E-state index in [1.165, 1.54) is 36.7 Å². The van der Waals surface area contributed by atoms with E-state index >= 15 is 0 Å². The van der Waals surface area contributed by atoms with Gasteiger partial charge in [-0.05, 0) is 24.3 Å². The van der Waals surface area contributed by atoms with E-state index in [9.17, 15) is 19.8 Å². The van der Waals surface area contributed by atoms with Crippen LogP contribution in [0.4, 0.5) is 0 Å². The van der Waals surface area contributed by atoms with Crippen molar-refractivity contribution in [3.63, 3.8) is 0 Å². The Morgan fingerprint density at radius 3 is 1.40 bits per heavy atom. The molecular weight excluding hydrogens is 390 g/mol. The first-order chi connectivity index (χ1) is 10.5. The maximum atomic E-state index is 10.2. The topological polar surface area (TPSA) is 212 Å². The molecule has 0 unspecified atom stereocenters. The standard InChI is InChI=1S/2C7H7NO3.2H2O.Zn/c2*9-4-6-3-5(7(10)11)1-2-8-6;;;/h2*1-3,9H,4H2,(H,10,11);2*1H2;/q;;;;+2. The molecule has 0 aliphatic carbocycles. The quantitative estimate of drug-likeness (QED) is 0.375. The second-order valence-electron chi connectivity index (χ2n) is 3.96. The van der Waals surface area contributed by atoms with Crippen molar-refractivity contribution in [2.75, 3.05) is 0 Å². The monoisotopic (exact) mass is 406 g/mol. The average Bonchev–Trinajstić information content (AvgIpc) is 2.55. The van der Waals surface area contributed by atoms with Crippen LogP contribution in [-0.2, 0) is 43.6 Å². The predicted octanol–water partition coefficient (Wildman–Crippen LogP) is -3.97. The maximum Gasteiger partial charge on any atom is 2.00 e. The molecule has 8 N–H and O–H groups in total. The number of nitrogens with zero attached hydrogens (tertiary/aromatic N) is 2. The Labute approximate surface area is 155 Å². The van der Waals surface area contributed by atoms with Gasteiger partial charge in [0.1, 0.15) is 0 Å². The van der Waals surface area contributed by atoms with Gasteiger partial charge in [-0.15, -0.1) is 0 Å². The summed E-state index contributed by atoms with van der Waals surface area (Å²) in [5, 5.41) is 37.6. The molecule has 11 heteroatoms. The zero-order chi connectivity index (χ0) is 16.5. The van der Waals surface area contributed by atoms with Gasteiger partial charge >= 0.3 is 19.5 Å². The fourth-order valence-corrected chi connectivity index (χ4v) is 1.38. The number of carboxylic acids is 2. The molecule has 2 heterocycles. The Bertz CT molecular complexity index is 611. The Balaban J connectivity index is -0.000000346. The molecule has 0 saturated carbocycles. The minimum absolute atomic E-state index is 0. The molecule has 25 heavy (non-hydrogen) atoms. The SMILES string of the molecule is O=C([O-])c1ccnc(CO)c1.O=C([O-])c1ccnc(CO)c1.[OH3+].[OH3+].[Zn+2]. The Morgan fingerprint density at radius 2 is 1.16 bits per heavy atom. The van der Waals surface area contributed by atoms with Crippen molar-refractivity contribution in [1.29, 1.82) is 0 Å². The van der Waals surface area contributed by atoms with E-state index < -0.39 is 11.9 Å². The zero-order valence-electron chi connectivity index (χ0n) is 13.2. The number of hydrogen-bond acceptors (Lipinski definition) is 8. The molecule has 0 aliphatic rings. The summed E-state index contributed by atoms with van der Waals surface area (Å²) in [5.41, 5.74) is 0.714. The largest absolute Gasteiger partial charge is 2.00 e. The molecule has 0 aliphatic heterocycles. The number of aromatic nitrogens is 2. The van der Waals surface area contributed by atoms with Crippen LogP contribution >= 0.6 is 0 Å². The molecule has 0 atom stereocenters. The summed E-state index contributed by atoms with van der Waals surface area (Å²) in [6.07, 6.45) is 2.63. The minimum atomic E-state index is -1.26. The molecule has 0 fully saturated rings. The Hall–Kier alpha value is -2.30. The van der Waals surface area contributed by atoms with Gasteiger partial charge in [-0.2, -0.15) is 0 Å². The predicted molar refractivity (Wildman–Crippen MR) is 78.7 cm³/mol. The summed E-state index contributed by atoms with van der Waals surface area (Å²) < 4.78 is 0. The number of hydrogen-bond donors (Lipinski definition) is 2. The first-order valence-electron chi connectivity index (χ1n) is 6.02. The molecule has 0 aromatic carbocycles. The maximum absolute atomic E-state index is 10.2. The Morgan fingerprint density at radius 1 is 0.840 bits per heavy atom. The summed E-state index contributed by atoms with van der Waals surface area (Å²) in [7, 11) is 0. The van der Waals surface area contributed by atoms with Gasteiger partial charge in [-0.3, -0.25) is 9.97 Å². The number of aromatic carboxylic acids is 2. The molecule has 10 nitrogen and oxygen atoms in total. The molecule has 2 aromatic rings.